The normalized spacial score (nSPS) is 10.8. The molecule has 0 spiro atoms. The molecule has 28 heavy (non-hydrogen) atoms. The van der Waals surface area contributed by atoms with Crippen LogP contribution in [0.3, 0.4) is 0 Å². The van der Waals surface area contributed by atoms with Gasteiger partial charge in [-0.3, -0.25) is 20.4 Å². The lowest BCUT2D eigenvalue weighted by atomic mass is 10.2. The molecule has 0 fully saturated rings. The fourth-order valence-electron chi connectivity index (χ4n) is 2.25. The first-order valence-corrected chi connectivity index (χ1v) is 10.4. The van der Waals surface area contributed by atoms with Crippen LogP contribution in [0.15, 0.2) is 47.4 Å². The van der Waals surface area contributed by atoms with E-state index >= 15 is 0 Å². The highest BCUT2D eigenvalue weighted by atomic mass is 32.2. The summed E-state index contributed by atoms with van der Waals surface area (Å²) in [4.78, 5) is 24.5. The molecule has 8 nitrogen and oxygen atoms in total. The van der Waals surface area contributed by atoms with Crippen molar-refractivity contribution >= 4 is 21.7 Å². The van der Waals surface area contributed by atoms with Crippen molar-refractivity contribution in [3.05, 3.63) is 53.6 Å². The summed E-state index contributed by atoms with van der Waals surface area (Å²) < 4.78 is 33.6. The third kappa shape index (κ3) is 5.46. The van der Waals surface area contributed by atoms with E-state index in [1.807, 2.05) is 6.92 Å². The van der Waals surface area contributed by atoms with Crippen LogP contribution in [0.25, 0.3) is 0 Å². The molecule has 0 unspecified atom stereocenters. The zero-order valence-corrected chi connectivity index (χ0v) is 16.6. The van der Waals surface area contributed by atoms with Gasteiger partial charge in [-0.2, -0.15) is 0 Å². The summed E-state index contributed by atoms with van der Waals surface area (Å²) in [6, 6.07) is 10.1. The molecule has 0 saturated carbocycles. The molecule has 0 heterocycles. The van der Waals surface area contributed by atoms with E-state index in [1.165, 1.54) is 37.4 Å². The fourth-order valence-corrected chi connectivity index (χ4v) is 2.88. The van der Waals surface area contributed by atoms with Gasteiger partial charge in [-0.1, -0.05) is 6.92 Å². The molecule has 2 amide bonds. The Bertz CT molecular complexity index is 955. The van der Waals surface area contributed by atoms with Gasteiger partial charge in [-0.25, -0.2) is 8.42 Å². The summed E-state index contributed by atoms with van der Waals surface area (Å²) in [6.07, 6.45) is 1.91. The number of hydrogen-bond acceptors (Lipinski definition) is 6. The minimum atomic E-state index is -3.35. The van der Waals surface area contributed by atoms with Crippen molar-refractivity contribution < 1.29 is 27.5 Å². The second-order valence-electron chi connectivity index (χ2n) is 5.92. The van der Waals surface area contributed by atoms with Crippen molar-refractivity contribution in [2.75, 3.05) is 20.0 Å². The predicted octanol–water partition coefficient (Wildman–Crippen LogP) is 1.96. The van der Waals surface area contributed by atoms with Gasteiger partial charge in [-0.05, 0) is 48.9 Å². The lowest BCUT2D eigenvalue weighted by Crippen LogP contribution is -2.41. The largest absolute Gasteiger partial charge is 0.493 e. The molecule has 0 aliphatic carbocycles. The van der Waals surface area contributed by atoms with Crippen LogP contribution in [0.4, 0.5) is 0 Å². The smallest absolute Gasteiger partial charge is 0.269 e. The van der Waals surface area contributed by atoms with Crippen molar-refractivity contribution in [2.45, 2.75) is 18.2 Å². The Labute approximate surface area is 163 Å². The van der Waals surface area contributed by atoms with Crippen molar-refractivity contribution in [3.63, 3.8) is 0 Å². The third-order valence-electron chi connectivity index (χ3n) is 3.72. The summed E-state index contributed by atoms with van der Waals surface area (Å²) in [6.45, 7) is 2.50. The lowest BCUT2D eigenvalue weighted by Gasteiger charge is -2.12. The first kappa shape index (κ1) is 21.2. The Balaban J connectivity index is 2.02. The molecule has 0 aromatic heterocycles. The van der Waals surface area contributed by atoms with E-state index < -0.39 is 21.7 Å². The van der Waals surface area contributed by atoms with Crippen LogP contribution in [0.5, 0.6) is 11.5 Å². The number of ether oxygens (including phenoxy) is 2. The molecule has 0 aliphatic heterocycles. The molecule has 2 rings (SSSR count). The first-order valence-electron chi connectivity index (χ1n) is 8.48. The van der Waals surface area contributed by atoms with E-state index in [0.717, 1.165) is 12.7 Å². The Morgan fingerprint density at radius 1 is 0.929 bits per heavy atom. The van der Waals surface area contributed by atoms with Gasteiger partial charge in [0.2, 0.25) is 0 Å². The van der Waals surface area contributed by atoms with Gasteiger partial charge in [-0.15, -0.1) is 0 Å². The maximum Gasteiger partial charge on any atom is 0.269 e. The van der Waals surface area contributed by atoms with Gasteiger partial charge in [0.15, 0.2) is 21.3 Å². The summed E-state index contributed by atoms with van der Waals surface area (Å²) >= 11 is 0. The molecule has 150 valence electrons. The first-order chi connectivity index (χ1) is 13.3. The van der Waals surface area contributed by atoms with Gasteiger partial charge in [0.1, 0.15) is 0 Å². The van der Waals surface area contributed by atoms with Crippen molar-refractivity contribution in [1.82, 2.24) is 10.9 Å². The van der Waals surface area contributed by atoms with Gasteiger partial charge in [0, 0.05) is 17.4 Å². The van der Waals surface area contributed by atoms with Crippen LogP contribution < -0.4 is 20.3 Å². The van der Waals surface area contributed by atoms with E-state index in [4.69, 9.17) is 9.47 Å². The van der Waals surface area contributed by atoms with Crippen molar-refractivity contribution in [1.29, 1.82) is 0 Å². The molecule has 0 saturated heterocycles. The topological polar surface area (TPSA) is 111 Å². The Morgan fingerprint density at radius 3 is 2.04 bits per heavy atom. The average Bonchev–Trinajstić information content (AvgIpc) is 2.69. The van der Waals surface area contributed by atoms with E-state index in [9.17, 15) is 18.0 Å². The number of carbonyl (C=O) groups is 2. The predicted molar refractivity (Wildman–Crippen MR) is 103 cm³/mol. The Hall–Kier alpha value is -3.07. The van der Waals surface area contributed by atoms with Crippen molar-refractivity contribution in [3.8, 4) is 11.5 Å². The van der Waals surface area contributed by atoms with Crippen LogP contribution in [-0.2, 0) is 9.84 Å². The highest BCUT2D eigenvalue weighted by molar-refractivity contribution is 7.90. The molecule has 0 radical (unpaired) electrons. The van der Waals surface area contributed by atoms with E-state index in [2.05, 4.69) is 10.9 Å². The monoisotopic (exact) mass is 406 g/mol. The number of methoxy groups -OCH3 is 1. The summed E-state index contributed by atoms with van der Waals surface area (Å²) in [5.74, 6) is -0.190. The summed E-state index contributed by atoms with van der Waals surface area (Å²) in [5.41, 5.74) is 5.06. The molecule has 9 heteroatoms. The lowest BCUT2D eigenvalue weighted by molar-refractivity contribution is 0.0846. The van der Waals surface area contributed by atoms with E-state index in [-0.39, 0.29) is 16.0 Å². The molecule has 0 atom stereocenters. The number of carbonyl (C=O) groups excluding carboxylic acids is 2. The minimum absolute atomic E-state index is 0.102. The Morgan fingerprint density at radius 2 is 1.50 bits per heavy atom. The SMILES string of the molecule is CCCOc1ccc(C(=O)NNC(=O)c2ccc(S(C)(=O)=O)cc2)cc1OC. The highest BCUT2D eigenvalue weighted by Gasteiger charge is 2.14. The second-order valence-corrected chi connectivity index (χ2v) is 7.93. The van der Waals surface area contributed by atoms with Gasteiger partial charge < -0.3 is 9.47 Å². The highest BCUT2D eigenvalue weighted by Crippen LogP contribution is 2.28. The van der Waals surface area contributed by atoms with Crippen molar-refractivity contribution in [2.24, 2.45) is 0 Å². The number of amides is 2. The van der Waals surface area contributed by atoms with Crippen LogP contribution in [0, 0.1) is 0 Å². The van der Waals surface area contributed by atoms with E-state index in [0.29, 0.717) is 18.1 Å². The zero-order valence-electron chi connectivity index (χ0n) is 15.8. The standard InChI is InChI=1S/C19H22N2O6S/c1-4-11-27-16-10-7-14(12-17(16)26-2)19(23)21-20-18(22)13-5-8-15(9-6-13)28(3,24)25/h5-10,12H,4,11H2,1-3H3,(H,20,22)(H,21,23). The van der Waals surface area contributed by atoms with Crippen LogP contribution in [0.2, 0.25) is 0 Å². The third-order valence-corrected chi connectivity index (χ3v) is 4.85. The molecule has 2 aromatic rings. The van der Waals surface area contributed by atoms with Gasteiger partial charge in [0.05, 0.1) is 18.6 Å². The minimum Gasteiger partial charge on any atom is -0.493 e. The molecular formula is C19H22N2O6S. The molecule has 2 N–H and O–H groups in total. The second kappa shape index (κ2) is 9.23. The van der Waals surface area contributed by atoms with Crippen LogP contribution in [0.1, 0.15) is 34.1 Å². The molecule has 2 aromatic carbocycles. The summed E-state index contributed by atoms with van der Waals surface area (Å²) in [5, 5.41) is 0. The van der Waals surface area contributed by atoms with Gasteiger partial charge in [0.25, 0.3) is 11.8 Å². The number of hydrogen-bond donors (Lipinski definition) is 2. The fraction of sp³-hybridized carbons (Fsp3) is 0.263. The molecular weight excluding hydrogens is 384 g/mol. The van der Waals surface area contributed by atoms with Gasteiger partial charge >= 0.3 is 0 Å². The number of nitrogens with one attached hydrogen (secondary N) is 2. The maximum absolute atomic E-state index is 12.3. The number of hydrazine groups is 1. The average molecular weight is 406 g/mol. The maximum atomic E-state index is 12.3. The summed E-state index contributed by atoms with van der Waals surface area (Å²) in [7, 11) is -1.88. The quantitative estimate of drug-likeness (QED) is 0.680. The zero-order chi connectivity index (χ0) is 20.7. The van der Waals surface area contributed by atoms with Crippen LogP contribution >= 0.6 is 0 Å². The number of sulfone groups is 1. The van der Waals surface area contributed by atoms with Crippen LogP contribution in [-0.4, -0.2) is 40.2 Å². The molecule has 0 aliphatic rings. The number of rotatable bonds is 7. The molecule has 0 bridgehead atoms. The number of benzene rings is 2. The Kier molecular flexibility index (Phi) is 7.00. The van der Waals surface area contributed by atoms with E-state index in [1.54, 1.807) is 12.1 Å².